The fourth-order valence-electron chi connectivity index (χ4n) is 1.13. The summed E-state index contributed by atoms with van der Waals surface area (Å²) >= 11 is 0. The van der Waals surface area contributed by atoms with Crippen LogP contribution in [0.1, 0.15) is 11.6 Å². The van der Waals surface area contributed by atoms with E-state index >= 15 is 0 Å². The van der Waals surface area contributed by atoms with Gasteiger partial charge in [-0.1, -0.05) is 0 Å². The van der Waals surface area contributed by atoms with Gasteiger partial charge in [-0.2, -0.15) is 13.2 Å². The standard InChI is InChI=1S/C6H6F3N4/c7-6(8,9)5-11-4-3-10-1-2-13(4)12-5/h1-3H2. The molecule has 1 aliphatic rings. The summed E-state index contributed by atoms with van der Waals surface area (Å²) in [5, 5.41) is 7.27. The van der Waals surface area contributed by atoms with E-state index in [0.29, 0.717) is 18.9 Å². The molecule has 2 rings (SSSR count). The Hall–Kier alpha value is -1.11. The lowest BCUT2D eigenvalue weighted by molar-refractivity contribution is -0.145. The summed E-state index contributed by atoms with van der Waals surface area (Å²) < 4.78 is 37.6. The fraction of sp³-hybridized carbons (Fsp3) is 0.667. The molecule has 0 fully saturated rings. The monoisotopic (exact) mass is 191 g/mol. The Morgan fingerprint density at radius 3 is 2.69 bits per heavy atom. The van der Waals surface area contributed by atoms with Crippen molar-refractivity contribution in [2.24, 2.45) is 0 Å². The van der Waals surface area contributed by atoms with Crippen molar-refractivity contribution in [1.29, 1.82) is 0 Å². The Morgan fingerprint density at radius 1 is 1.31 bits per heavy atom. The molecular formula is C6H6F3N4. The van der Waals surface area contributed by atoms with Gasteiger partial charge in [0.15, 0.2) is 0 Å². The Kier molecular flexibility index (Phi) is 1.76. The number of alkyl halides is 3. The molecule has 7 heteroatoms. The molecule has 13 heavy (non-hydrogen) atoms. The van der Waals surface area contributed by atoms with Crippen LogP contribution in [0.15, 0.2) is 0 Å². The van der Waals surface area contributed by atoms with Crippen LogP contribution in [0.25, 0.3) is 0 Å². The Bertz CT molecular complexity index is 293. The molecule has 0 N–H and O–H groups in total. The predicted molar refractivity (Wildman–Crippen MR) is 35.7 cm³/mol. The molecule has 0 atom stereocenters. The number of hydrogen-bond acceptors (Lipinski definition) is 2. The fourth-order valence-corrected chi connectivity index (χ4v) is 1.13. The van der Waals surface area contributed by atoms with Gasteiger partial charge in [0.1, 0.15) is 5.82 Å². The lowest BCUT2D eigenvalue weighted by Gasteiger charge is -2.10. The molecule has 71 valence electrons. The third kappa shape index (κ3) is 1.51. The molecule has 1 aromatic rings. The minimum absolute atomic E-state index is 0.225. The number of halogens is 3. The molecule has 4 nitrogen and oxygen atoms in total. The third-order valence-corrected chi connectivity index (χ3v) is 1.73. The van der Waals surface area contributed by atoms with Crippen molar-refractivity contribution >= 4 is 0 Å². The number of fused-ring (bicyclic) bond motifs is 1. The molecule has 0 bridgehead atoms. The molecule has 0 saturated carbocycles. The molecule has 0 unspecified atom stereocenters. The zero-order valence-electron chi connectivity index (χ0n) is 6.54. The molecule has 1 aliphatic heterocycles. The van der Waals surface area contributed by atoms with Crippen LogP contribution in [-0.2, 0) is 19.3 Å². The first-order valence-electron chi connectivity index (χ1n) is 3.71. The summed E-state index contributed by atoms with van der Waals surface area (Å²) in [5.41, 5.74) is 0. The topological polar surface area (TPSA) is 44.8 Å². The third-order valence-electron chi connectivity index (χ3n) is 1.73. The molecular weight excluding hydrogens is 185 g/mol. The SMILES string of the molecule is FC(F)(F)c1nc2n(n1)CC[N]C2. The smallest absolute Gasteiger partial charge is 0.247 e. The Morgan fingerprint density at radius 2 is 2.08 bits per heavy atom. The van der Waals surface area contributed by atoms with E-state index in [-0.39, 0.29) is 6.54 Å². The second-order valence-corrected chi connectivity index (χ2v) is 2.68. The van der Waals surface area contributed by atoms with E-state index in [0.717, 1.165) is 0 Å². The van der Waals surface area contributed by atoms with E-state index in [2.05, 4.69) is 15.4 Å². The number of nitrogens with zero attached hydrogens (tertiary/aromatic N) is 4. The highest BCUT2D eigenvalue weighted by Crippen LogP contribution is 2.26. The summed E-state index contributed by atoms with van der Waals surface area (Å²) in [6, 6.07) is 0. The Balaban J connectivity index is 2.36. The number of hydrogen-bond donors (Lipinski definition) is 0. The van der Waals surface area contributed by atoms with Crippen LogP contribution in [0, 0.1) is 0 Å². The van der Waals surface area contributed by atoms with Gasteiger partial charge in [0.05, 0.1) is 13.1 Å². The van der Waals surface area contributed by atoms with Crippen LogP contribution in [0.4, 0.5) is 13.2 Å². The van der Waals surface area contributed by atoms with Crippen molar-refractivity contribution in [2.75, 3.05) is 6.54 Å². The molecule has 0 amide bonds. The van der Waals surface area contributed by atoms with Gasteiger partial charge in [-0.05, 0) is 0 Å². The van der Waals surface area contributed by atoms with Crippen LogP contribution < -0.4 is 5.32 Å². The Labute approximate surface area is 71.8 Å². The largest absolute Gasteiger partial charge is 0.453 e. The van der Waals surface area contributed by atoms with Crippen LogP contribution in [0.3, 0.4) is 0 Å². The van der Waals surface area contributed by atoms with Gasteiger partial charge in [-0.25, -0.2) is 15.0 Å². The normalized spacial score (nSPS) is 17.2. The second kappa shape index (κ2) is 2.69. The van der Waals surface area contributed by atoms with E-state index in [9.17, 15) is 13.2 Å². The zero-order chi connectivity index (χ0) is 9.47. The van der Waals surface area contributed by atoms with Crippen LogP contribution in [-0.4, -0.2) is 21.3 Å². The van der Waals surface area contributed by atoms with Gasteiger partial charge in [0, 0.05) is 6.54 Å². The van der Waals surface area contributed by atoms with Gasteiger partial charge in [-0.3, -0.25) is 0 Å². The molecule has 0 aliphatic carbocycles. The van der Waals surface area contributed by atoms with Gasteiger partial charge in [0.25, 0.3) is 5.82 Å². The van der Waals surface area contributed by atoms with Crippen LogP contribution in [0.2, 0.25) is 0 Å². The average molecular weight is 191 g/mol. The van der Waals surface area contributed by atoms with Crippen molar-refractivity contribution in [3.8, 4) is 0 Å². The van der Waals surface area contributed by atoms with Crippen LogP contribution in [0.5, 0.6) is 0 Å². The summed E-state index contributed by atoms with van der Waals surface area (Å²) in [6.07, 6.45) is -4.45. The maximum Gasteiger partial charge on any atom is 0.453 e. The van der Waals surface area contributed by atoms with Crippen molar-refractivity contribution in [2.45, 2.75) is 19.3 Å². The highest BCUT2D eigenvalue weighted by atomic mass is 19.4. The molecule has 2 heterocycles. The number of rotatable bonds is 0. The molecule has 0 saturated heterocycles. The second-order valence-electron chi connectivity index (χ2n) is 2.68. The van der Waals surface area contributed by atoms with Crippen molar-refractivity contribution < 1.29 is 13.2 Å². The number of aromatic nitrogens is 3. The maximum absolute atomic E-state index is 12.1. The minimum atomic E-state index is -4.45. The summed E-state index contributed by atoms with van der Waals surface area (Å²) in [6.45, 7) is 1.12. The molecule has 1 aromatic heterocycles. The lowest BCUT2D eigenvalue weighted by Crippen LogP contribution is -2.23. The first kappa shape index (κ1) is 8.49. The van der Waals surface area contributed by atoms with Crippen LogP contribution >= 0.6 is 0 Å². The first-order valence-corrected chi connectivity index (χ1v) is 3.71. The van der Waals surface area contributed by atoms with Gasteiger partial charge in [0.2, 0.25) is 0 Å². The minimum Gasteiger partial charge on any atom is -0.247 e. The van der Waals surface area contributed by atoms with Gasteiger partial charge in [-0.15, -0.1) is 5.10 Å². The van der Waals surface area contributed by atoms with E-state index < -0.39 is 12.0 Å². The van der Waals surface area contributed by atoms with Gasteiger partial charge < -0.3 is 0 Å². The van der Waals surface area contributed by atoms with E-state index in [1.54, 1.807) is 0 Å². The van der Waals surface area contributed by atoms with E-state index in [4.69, 9.17) is 0 Å². The van der Waals surface area contributed by atoms with E-state index in [1.807, 2.05) is 0 Å². The average Bonchev–Trinajstić information content (AvgIpc) is 2.45. The van der Waals surface area contributed by atoms with Gasteiger partial charge >= 0.3 is 6.18 Å². The quantitative estimate of drug-likeness (QED) is 0.596. The first-order chi connectivity index (χ1) is 6.07. The van der Waals surface area contributed by atoms with Crippen molar-refractivity contribution in [3.63, 3.8) is 0 Å². The van der Waals surface area contributed by atoms with Crippen molar-refractivity contribution in [3.05, 3.63) is 11.6 Å². The van der Waals surface area contributed by atoms with Crippen molar-refractivity contribution in [1.82, 2.24) is 20.1 Å². The van der Waals surface area contributed by atoms with E-state index in [1.165, 1.54) is 4.68 Å². The maximum atomic E-state index is 12.1. The molecule has 0 spiro atoms. The summed E-state index contributed by atoms with van der Waals surface area (Å²) in [7, 11) is 0. The summed E-state index contributed by atoms with van der Waals surface area (Å²) in [4.78, 5) is 3.36. The summed E-state index contributed by atoms with van der Waals surface area (Å²) in [5.74, 6) is -0.779. The molecule has 1 radical (unpaired) electrons. The molecule has 0 aromatic carbocycles. The zero-order valence-corrected chi connectivity index (χ0v) is 6.54. The highest BCUT2D eigenvalue weighted by molar-refractivity contribution is 4.98. The predicted octanol–water partition coefficient (Wildman–Crippen LogP) is 0.415. The highest BCUT2D eigenvalue weighted by Gasteiger charge is 2.37. The lowest BCUT2D eigenvalue weighted by atomic mass is 10.4.